The van der Waals surface area contributed by atoms with Crippen molar-refractivity contribution in [1.82, 2.24) is 0 Å². The van der Waals surface area contributed by atoms with Crippen LogP contribution in [0.1, 0.15) is 18.4 Å². The largest absolute Gasteiger partial charge is 0.493 e. The van der Waals surface area contributed by atoms with Gasteiger partial charge in [-0.25, -0.2) is 4.39 Å². The molecule has 3 aromatic carbocycles. The molecule has 0 aliphatic heterocycles. The number of para-hydroxylation sites is 2. The predicted octanol–water partition coefficient (Wildman–Crippen LogP) is 4.52. The van der Waals surface area contributed by atoms with Crippen LogP contribution in [0.5, 0.6) is 11.5 Å². The highest BCUT2D eigenvalue weighted by Gasteiger charge is 2.51. The first-order valence-electron chi connectivity index (χ1n) is 10.2. The van der Waals surface area contributed by atoms with Crippen LogP contribution in [0.25, 0.3) is 0 Å². The second-order valence-corrected chi connectivity index (χ2v) is 7.61. The van der Waals surface area contributed by atoms with E-state index in [-0.39, 0.29) is 24.2 Å². The van der Waals surface area contributed by atoms with Gasteiger partial charge in [0.1, 0.15) is 5.82 Å². The van der Waals surface area contributed by atoms with Crippen LogP contribution in [0.15, 0.2) is 72.8 Å². The van der Waals surface area contributed by atoms with Gasteiger partial charge in [-0.15, -0.1) is 0 Å². The lowest BCUT2D eigenvalue weighted by molar-refractivity contribution is -0.119. The van der Waals surface area contributed by atoms with Gasteiger partial charge in [0.05, 0.1) is 12.5 Å². The molecule has 7 heteroatoms. The maximum atomic E-state index is 13.2. The van der Waals surface area contributed by atoms with Crippen LogP contribution in [0.4, 0.5) is 15.8 Å². The summed E-state index contributed by atoms with van der Waals surface area (Å²) in [4.78, 5) is 25.2. The minimum absolute atomic E-state index is 0.146. The van der Waals surface area contributed by atoms with E-state index < -0.39 is 5.41 Å². The first-order chi connectivity index (χ1) is 15.5. The smallest absolute Gasteiger partial charge is 0.262 e. The number of methoxy groups -OCH3 is 1. The van der Waals surface area contributed by atoms with E-state index in [1.54, 1.807) is 54.6 Å². The van der Waals surface area contributed by atoms with Crippen LogP contribution >= 0.6 is 0 Å². The van der Waals surface area contributed by atoms with E-state index in [1.807, 2.05) is 6.07 Å². The van der Waals surface area contributed by atoms with Gasteiger partial charge in [0, 0.05) is 11.4 Å². The van der Waals surface area contributed by atoms with Gasteiger partial charge >= 0.3 is 0 Å². The molecule has 0 spiro atoms. The summed E-state index contributed by atoms with van der Waals surface area (Å²) < 4.78 is 24.0. The van der Waals surface area contributed by atoms with E-state index in [9.17, 15) is 14.0 Å². The summed E-state index contributed by atoms with van der Waals surface area (Å²) in [6.07, 6.45) is 1.42. The van der Waals surface area contributed by atoms with E-state index in [4.69, 9.17) is 9.47 Å². The molecular weight excluding hydrogens is 411 g/mol. The Morgan fingerprint density at radius 3 is 2.22 bits per heavy atom. The number of anilines is 2. The fourth-order valence-electron chi connectivity index (χ4n) is 3.54. The molecule has 0 bridgehead atoms. The lowest BCUT2D eigenvalue weighted by Gasteiger charge is -2.16. The Morgan fingerprint density at radius 1 is 0.906 bits per heavy atom. The van der Waals surface area contributed by atoms with Gasteiger partial charge in [0.2, 0.25) is 5.91 Å². The predicted molar refractivity (Wildman–Crippen MR) is 120 cm³/mol. The van der Waals surface area contributed by atoms with Crippen LogP contribution in [0.2, 0.25) is 0 Å². The molecule has 6 nitrogen and oxygen atoms in total. The van der Waals surface area contributed by atoms with E-state index in [0.29, 0.717) is 35.7 Å². The fourth-order valence-corrected chi connectivity index (χ4v) is 3.54. The molecular formula is C25H23FN2O4. The molecule has 0 heterocycles. The highest BCUT2D eigenvalue weighted by Crippen LogP contribution is 2.49. The molecule has 0 saturated heterocycles. The lowest BCUT2D eigenvalue weighted by Crippen LogP contribution is -2.28. The average molecular weight is 434 g/mol. The summed E-state index contributed by atoms with van der Waals surface area (Å²) in [6.45, 7) is -0.190. The molecule has 1 fully saturated rings. The molecule has 3 aromatic rings. The number of ether oxygens (including phenoxy) is 2. The number of hydrogen-bond acceptors (Lipinski definition) is 4. The number of halogens is 1. The zero-order chi connectivity index (χ0) is 22.6. The average Bonchev–Trinajstić information content (AvgIpc) is 3.61. The molecule has 2 amide bonds. The van der Waals surface area contributed by atoms with E-state index in [1.165, 1.54) is 19.2 Å². The Bertz CT molecular complexity index is 1130. The molecule has 32 heavy (non-hydrogen) atoms. The standard InChI is InChI=1S/C25H23FN2O4/c1-31-21-7-2-3-8-22(21)32-16-23(29)27-19-5-4-6-20(15-19)28-24(30)25(13-14-25)17-9-11-18(26)12-10-17/h2-12,15H,13-14,16H2,1H3,(H,27,29)(H,28,30). The van der Waals surface area contributed by atoms with Gasteiger partial charge in [-0.3, -0.25) is 9.59 Å². The van der Waals surface area contributed by atoms with Crippen molar-refractivity contribution in [2.75, 3.05) is 24.4 Å². The molecule has 0 atom stereocenters. The number of amides is 2. The molecule has 4 rings (SSSR count). The van der Waals surface area contributed by atoms with Gasteiger partial charge in [0.25, 0.3) is 5.91 Å². The Morgan fingerprint density at radius 2 is 1.56 bits per heavy atom. The monoisotopic (exact) mass is 434 g/mol. The summed E-state index contributed by atoms with van der Waals surface area (Å²) >= 11 is 0. The summed E-state index contributed by atoms with van der Waals surface area (Å²) in [5.74, 6) is 0.196. The van der Waals surface area contributed by atoms with Crippen LogP contribution < -0.4 is 20.1 Å². The lowest BCUT2D eigenvalue weighted by atomic mass is 9.95. The number of hydrogen-bond donors (Lipinski definition) is 2. The quantitative estimate of drug-likeness (QED) is 0.547. The first-order valence-corrected chi connectivity index (χ1v) is 10.2. The van der Waals surface area contributed by atoms with Crippen LogP contribution in [-0.4, -0.2) is 25.5 Å². The van der Waals surface area contributed by atoms with Gasteiger partial charge in [-0.05, 0) is 60.9 Å². The van der Waals surface area contributed by atoms with E-state index in [0.717, 1.165) is 5.56 Å². The highest BCUT2D eigenvalue weighted by molar-refractivity contribution is 6.02. The molecule has 0 aromatic heterocycles. The third-order valence-electron chi connectivity index (χ3n) is 5.41. The van der Waals surface area contributed by atoms with Crippen molar-refractivity contribution in [2.45, 2.75) is 18.3 Å². The van der Waals surface area contributed by atoms with Gasteiger partial charge < -0.3 is 20.1 Å². The highest BCUT2D eigenvalue weighted by atomic mass is 19.1. The second-order valence-electron chi connectivity index (χ2n) is 7.61. The second kappa shape index (κ2) is 9.09. The number of nitrogens with one attached hydrogen (secondary N) is 2. The summed E-state index contributed by atoms with van der Waals surface area (Å²) in [6, 6.07) is 20.0. The maximum Gasteiger partial charge on any atom is 0.262 e. The third kappa shape index (κ3) is 4.72. The topological polar surface area (TPSA) is 76.7 Å². The van der Waals surface area contributed by atoms with Gasteiger partial charge in [-0.1, -0.05) is 30.3 Å². The van der Waals surface area contributed by atoms with Crippen LogP contribution in [0.3, 0.4) is 0 Å². The van der Waals surface area contributed by atoms with Crippen molar-refractivity contribution in [3.05, 3.63) is 84.2 Å². The maximum absolute atomic E-state index is 13.2. The molecule has 2 N–H and O–H groups in total. The Kier molecular flexibility index (Phi) is 6.07. The van der Waals surface area contributed by atoms with Crippen molar-refractivity contribution in [1.29, 1.82) is 0 Å². The van der Waals surface area contributed by atoms with Crippen molar-refractivity contribution in [2.24, 2.45) is 0 Å². The first kappa shape index (κ1) is 21.4. The molecule has 1 aliphatic carbocycles. The minimum atomic E-state index is -0.629. The minimum Gasteiger partial charge on any atom is -0.493 e. The molecule has 1 aliphatic rings. The Labute approximate surface area is 185 Å². The van der Waals surface area contributed by atoms with Gasteiger partial charge in [-0.2, -0.15) is 0 Å². The normalized spacial score (nSPS) is 13.7. The van der Waals surface area contributed by atoms with Crippen LogP contribution in [0, 0.1) is 5.82 Å². The zero-order valence-corrected chi connectivity index (χ0v) is 17.6. The van der Waals surface area contributed by atoms with E-state index >= 15 is 0 Å². The Hall–Kier alpha value is -3.87. The van der Waals surface area contributed by atoms with Crippen molar-refractivity contribution >= 4 is 23.2 Å². The number of carbonyl (C=O) groups is 2. The van der Waals surface area contributed by atoms with Crippen molar-refractivity contribution in [3.8, 4) is 11.5 Å². The summed E-state index contributed by atoms with van der Waals surface area (Å²) in [5.41, 5.74) is 1.26. The summed E-state index contributed by atoms with van der Waals surface area (Å²) in [7, 11) is 1.53. The molecule has 0 unspecified atom stereocenters. The molecule has 1 saturated carbocycles. The SMILES string of the molecule is COc1ccccc1OCC(=O)Nc1cccc(NC(=O)C2(c3ccc(F)cc3)CC2)c1. The molecule has 164 valence electrons. The van der Waals surface area contributed by atoms with Crippen LogP contribution in [-0.2, 0) is 15.0 Å². The van der Waals surface area contributed by atoms with Crippen molar-refractivity contribution < 1.29 is 23.5 Å². The van der Waals surface area contributed by atoms with E-state index in [2.05, 4.69) is 10.6 Å². The Balaban J connectivity index is 1.36. The molecule has 0 radical (unpaired) electrons. The zero-order valence-electron chi connectivity index (χ0n) is 17.6. The number of rotatable bonds is 8. The third-order valence-corrected chi connectivity index (χ3v) is 5.41. The fraction of sp³-hybridized carbons (Fsp3) is 0.200. The number of benzene rings is 3. The summed E-state index contributed by atoms with van der Waals surface area (Å²) in [5, 5.41) is 5.67. The van der Waals surface area contributed by atoms with Crippen molar-refractivity contribution in [3.63, 3.8) is 0 Å². The van der Waals surface area contributed by atoms with Gasteiger partial charge in [0.15, 0.2) is 18.1 Å². The number of carbonyl (C=O) groups excluding carboxylic acids is 2.